The number of para-hydroxylation sites is 2. The molecule has 3 aromatic carbocycles. The molecule has 0 bridgehead atoms. The smallest absolute Gasteiger partial charge is 0.275 e. The maximum atomic E-state index is 14.7. The summed E-state index contributed by atoms with van der Waals surface area (Å²) in [6.45, 7) is 15.1. The largest absolute Gasteiger partial charge is 0.379 e. The number of carbonyl (C=O) groups is 2. The highest BCUT2D eigenvalue weighted by Crippen LogP contribution is 2.25. The van der Waals surface area contributed by atoms with Gasteiger partial charge in [-0.25, -0.2) is 23.6 Å². The first-order valence-electron chi connectivity index (χ1n) is 25.3. The number of nitrogens with one attached hydrogen (secondary N) is 1. The van der Waals surface area contributed by atoms with Crippen LogP contribution >= 0.6 is 0 Å². The molecule has 2 amide bonds. The summed E-state index contributed by atoms with van der Waals surface area (Å²) in [6, 6.07) is 14.4. The van der Waals surface area contributed by atoms with Crippen LogP contribution < -0.4 is 15.3 Å². The molecule has 402 valence electrons. The van der Waals surface area contributed by atoms with Crippen molar-refractivity contribution in [1.82, 2.24) is 39.8 Å². The molecule has 0 radical (unpaired) electrons. The molecule has 19 nitrogen and oxygen atoms in total. The van der Waals surface area contributed by atoms with Crippen LogP contribution in [0.1, 0.15) is 39.3 Å². The van der Waals surface area contributed by atoms with Gasteiger partial charge < -0.3 is 42.9 Å². The standard InChI is InChI=1S/C52H70F3N11O8/c1-38-10-11-40(44(54)36-38)37-42-41(12-13-43(53)48(42)55)49(68)60-74-35-34-73-33-32-72-29-24-66(4,5)23-19-61(3)20-26-71-31-30-69-25-14-47(67)62-15-17-63(18-16-62)50-57-51(64-21-27-70-28-22-64)59-52(58-50)65-39(2)56-45-8-6-7-9-46(45)65/h6-13,36H,14-35,37H2,1-5H3/p+1. The fourth-order valence-corrected chi connectivity index (χ4v) is 8.44. The second-order valence-corrected chi connectivity index (χ2v) is 19.0. The van der Waals surface area contributed by atoms with Crippen LogP contribution in [0.5, 0.6) is 0 Å². The number of benzene rings is 3. The molecule has 2 aliphatic heterocycles. The molecule has 0 spiro atoms. The number of quaternary nitrogens is 1. The highest BCUT2D eigenvalue weighted by Gasteiger charge is 2.27. The zero-order valence-electron chi connectivity index (χ0n) is 43.3. The summed E-state index contributed by atoms with van der Waals surface area (Å²) in [5.74, 6) is -1.17. The summed E-state index contributed by atoms with van der Waals surface area (Å²) >= 11 is 0. The van der Waals surface area contributed by atoms with Crippen molar-refractivity contribution in [1.29, 1.82) is 0 Å². The van der Waals surface area contributed by atoms with Gasteiger partial charge >= 0.3 is 0 Å². The maximum Gasteiger partial charge on any atom is 0.275 e. The molecule has 22 heteroatoms. The number of imidazole rings is 1. The van der Waals surface area contributed by atoms with Crippen LogP contribution in [0.2, 0.25) is 0 Å². The van der Waals surface area contributed by atoms with Crippen molar-refractivity contribution >= 4 is 34.7 Å². The number of aromatic nitrogens is 5. The van der Waals surface area contributed by atoms with Gasteiger partial charge in [0.2, 0.25) is 23.8 Å². The van der Waals surface area contributed by atoms with Gasteiger partial charge in [0.1, 0.15) is 18.2 Å². The Morgan fingerprint density at radius 3 is 2.08 bits per heavy atom. The minimum atomic E-state index is -1.22. The summed E-state index contributed by atoms with van der Waals surface area (Å²) in [4.78, 5) is 58.9. The number of ether oxygens (including phenoxy) is 5. The number of morpholine rings is 1. The van der Waals surface area contributed by atoms with Crippen LogP contribution in [0.25, 0.3) is 17.0 Å². The Kier molecular flexibility index (Phi) is 20.9. The van der Waals surface area contributed by atoms with E-state index in [1.807, 2.05) is 40.7 Å². The van der Waals surface area contributed by atoms with E-state index in [1.165, 1.54) is 12.1 Å². The molecule has 0 unspecified atom stereocenters. The lowest BCUT2D eigenvalue weighted by Gasteiger charge is -2.35. The molecule has 2 aromatic heterocycles. The molecular formula is C52H71F3N11O8+. The highest BCUT2D eigenvalue weighted by atomic mass is 19.2. The van der Waals surface area contributed by atoms with E-state index in [2.05, 4.69) is 41.3 Å². The second-order valence-electron chi connectivity index (χ2n) is 19.0. The number of likely N-dealkylation sites (N-methyl/N-ethyl adjacent to an activating group) is 2. The van der Waals surface area contributed by atoms with Crippen molar-refractivity contribution < 1.29 is 55.8 Å². The number of fused-ring (bicyclic) bond motifs is 1. The molecule has 74 heavy (non-hydrogen) atoms. The number of carbonyl (C=O) groups excluding carboxylic acids is 2. The summed E-state index contributed by atoms with van der Waals surface area (Å²) in [5.41, 5.74) is 4.41. The van der Waals surface area contributed by atoms with Gasteiger partial charge in [0.25, 0.3) is 5.91 Å². The number of piperazine rings is 1. The Labute approximate surface area is 431 Å². The average molecular weight is 1040 g/mol. The summed E-state index contributed by atoms with van der Waals surface area (Å²) in [7, 11) is 6.38. The van der Waals surface area contributed by atoms with Crippen LogP contribution in [-0.4, -0.2) is 210 Å². The zero-order chi connectivity index (χ0) is 52.5. The van der Waals surface area contributed by atoms with Crippen molar-refractivity contribution in [2.75, 3.05) is 169 Å². The SMILES string of the molecule is Cc1ccc(Cc2c(C(=O)NOCCOCCOCC[N+](C)(C)CCN(C)CCOCCOCCC(=O)N3CCN(c4nc(N5CCOCC5)nc(-n5c(C)nc6ccccc65)n4)CC3)ccc(F)c2F)c(F)c1. The lowest BCUT2D eigenvalue weighted by molar-refractivity contribution is -0.890. The molecule has 2 aliphatic rings. The van der Waals surface area contributed by atoms with Crippen molar-refractivity contribution in [2.45, 2.75) is 26.7 Å². The Hall–Kier alpha value is -5.85. The lowest BCUT2D eigenvalue weighted by atomic mass is 9.97. The van der Waals surface area contributed by atoms with Crippen LogP contribution in [0.15, 0.2) is 54.6 Å². The molecule has 2 fully saturated rings. The van der Waals surface area contributed by atoms with Gasteiger partial charge in [-0.05, 0) is 62.4 Å². The van der Waals surface area contributed by atoms with Crippen molar-refractivity contribution in [3.8, 4) is 5.95 Å². The fraction of sp³-hybridized carbons (Fsp3) is 0.538. The van der Waals surface area contributed by atoms with Gasteiger partial charge in [-0.2, -0.15) is 15.0 Å². The lowest BCUT2D eigenvalue weighted by Crippen LogP contribution is -2.49. The fourth-order valence-electron chi connectivity index (χ4n) is 8.44. The maximum absolute atomic E-state index is 14.7. The normalized spacial score (nSPS) is 14.4. The van der Waals surface area contributed by atoms with Crippen LogP contribution in [0.3, 0.4) is 0 Å². The Morgan fingerprint density at radius 1 is 0.703 bits per heavy atom. The molecule has 4 heterocycles. The zero-order valence-corrected chi connectivity index (χ0v) is 43.3. The topological polar surface area (TPSA) is 171 Å². The van der Waals surface area contributed by atoms with Crippen LogP contribution in [-0.2, 0) is 39.7 Å². The van der Waals surface area contributed by atoms with E-state index in [1.54, 1.807) is 13.0 Å². The predicted molar refractivity (Wildman–Crippen MR) is 272 cm³/mol. The number of hydroxylamine groups is 1. The third kappa shape index (κ3) is 16.1. The number of rotatable bonds is 28. The Balaban J connectivity index is 0.692. The highest BCUT2D eigenvalue weighted by molar-refractivity contribution is 5.95. The van der Waals surface area contributed by atoms with Crippen molar-refractivity contribution in [3.05, 3.63) is 100 Å². The number of nitrogens with zero attached hydrogens (tertiary/aromatic N) is 10. The van der Waals surface area contributed by atoms with Crippen LogP contribution in [0.4, 0.5) is 25.1 Å². The van der Waals surface area contributed by atoms with Crippen LogP contribution in [0, 0.1) is 31.3 Å². The van der Waals surface area contributed by atoms with E-state index < -0.39 is 23.4 Å². The summed E-state index contributed by atoms with van der Waals surface area (Å²) < 4.78 is 74.5. The first-order valence-corrected chi connectivity index (χ1v) is 25.3. The first kappa shape index (κ1) is 55.9. The van der Waals surface area contributed by atoms with Gasteiger partial charge in [-0.15, -0.1) is 0 Å². The van der Waals surface area contributed by atoms with Gasteiger partial charge in [0.15, 0.2) is 11.6 Å². The second kappa shape index (κ2) is 27.6. The minimum absolute atomic E-state index is 0.00745. The number of hydrogen-bond donors (Lipinski definition) is 1. The number of aryl methyl sites for hydroxylation is 2. The molecule has 2 saturated heterocycles. The van der Waals surface area contributed by atoms with Crippen molar-refractivity contribution in [3.63, 3.8) is 0 Å². The Bertz CT molecular complexity index is 2610. The van der Waals surface area contributed by atoms with E-state index >= 15 is 0 Å². The van der Waals surface area contributed by atoms with Gasteiger partial charge in [0.05, 0.1) is 111 Å². The monoisotopic (exact) mass is 1030 g/mol. The van der Waals surface area contributed by atoms with E-state index in [0.717, 1.165) is 59.7 Å². The summed E-state index contributed by atoms with van der Waals surface area (Å²) in [6.07, 6.45) is -0.00939. The molecule has 0 aliphatic carbocycles. The van der Waals surface area contributed by atoms with Gasteiger partial charge in [-0.1, -0.05) is 24.3 Å². The number of anilines is 2. The quantitative estimate of drug-likeness (QED) is 0.0431. The molecule has 0 saturated carbocycles. The predicted octanol–water partition coefficient (Wildman–Crippen LogP) is 4.15. The van der Waals surface area contributed by atoms with Gasteiger partial charge in [0, 0.05) is 69.9 Å². The average Bonchev–Trinajstić information content (AvgIpc) is 3.74. The van der Waals surface area contributed by atoms with E-state index in [0.29, 0.717) is 129 Å². The number of amides is 2. The van der Waals surface area contributed by atoms with Gasteiger partial charge in [-0.3, -0.25) is 23.9 Å². The number of hydrogen-bond acceptors (Lipinski definition) is 15. The first-order chi connectivity index (χ1) is 35.8. The minimum Gasteiger partial charge on any atom is -0.379 e. The van der Waals surface area contributed by atoms with E-state index in [-0.39, 0.29) is 42.2 Å². The molecule has 1 N–H and O–H groups in total. The molecule has 5 aromatic rings. The molecule has 7 rings (SSSR count). The summed E-state index contributed by atoms with van der Waals surface area (Å²) in [5, 5.41) is 0. The third-order valence-electron chi connectivity index (χ3n) is 13.0. The molecular weight excluding hydrogens is 964 g/mol. The Morgan fingerprint density at radius 2 is 1.35 bits per heavy atom. The van der Waals surface area contributed by atoms with E-state index in [4.69, 9.17) is 48.5 Å². The number of halogens is 3. The molecule has 0 atom stereocenters. The third-order valence-corrected chi connectivity index (χ3v) is 13.0. The van der Waals surface area contributed by atoms with Crippen molar-refractivity contribution in [2.24, 2.45) is 0 Å². The van der Waals surface area contributed by atoms with E-state index in [9.17, 15) is 22.8 Å².